The fourth-order valence-electron chi connectivity index (χ4n) is 2.48. The lowest BCUT2D eigenvalue weighted by Gasteiger charge is -2.15. The lowest BCUT2D eigenvalue weighted by Crippen LogP contribution is -2.10. The summed E-state index contributed by atoms with van der Waals surface area (Å²) in [6, 6.07) is 7.23. The van der Waals surface area contributed by atoms with Crippen LogP contribution in [0.5, 0.6) is 0 Å². The van der Waals surface area contributed by atoms with Gasteiger partial charge in [0, 0.05) is 19.2 Å². The number of alkyl halides is 3. The number of rotatable bonds is 5. The topological polar surface area (TPSA) is 95.0 Å². The molecule has 0 unspecified atom stereocenters. The third-order valence-electron chi connectivity index (χ3n) is 3.75. The van der Waals surface area contributed by atoms with Gasteiger partial charge in [-0.2, -0.15) is 18.4 Å². The van der Waals surface area contributed by atoms with Crippen LogP contribution in [-0.2, 0) is 12.6 Å². The zero-order valence-electron chi connectivity index (χ0n) is 13.5. The van der Waals surface area contributed by atoms with Gasteiger partial charge in [-0.15, -0.1) is 0 Å². The summed E-state index contributed by atoms with van der Waals surface area (Å²) in [5.74, 6) is 0. The highest BCUT2D eigenvalue weighted by Gasteiger charge is 2.33. The average molecular weight is 350 g/mol. The number of aliphatic hydroxyl groups is 1. The molecule has 0 atom stereocenters. The molecule has 25 heavy (non-hydrogen) atoms. The molecule has 1 heterocycles. The van der Waals surface area contributed by atoms with Crippen molar-refractivity contribution in [3.8, 4) is 17.3 Å². The quantitative estimate of drug-likeness (QED) is 0.770. The maximum Gasteiger partial charge on any atom is 0.416 e. The summed E-state index contributed by atoms with van der Waals surface area (Å²) in [5, 5.41) is 20.8. The first-order chi connectivity index (χ1) is 11.8. The van der Waals surface area contributed by atoms with Crippen LogP contribution in [0.1, 0.15) is 23.2 Å². The SMILES string of the molecule is CNc1cc(-c2ccc(CCCO)c(C(F)(F)F)c2)nc(C#N)c1N. The molecule has 0 fully saturated rings. The summed E-state index contributed by atoms with van der Waals surface area (Å²) >= 11 is 0. The Hall–Kier alpha value is -2.79. The van der Waals surface area contributed by atoms with E-state index in [9.17, 15) is 13.2 Å². The predicted molar refractivity (Wildman–Crippen MR) is 88.8 cm³/mol. The Labute approximate surface area is 142 Å². The summed E-state index contributed by atoms with van der Waals surface area (Å²) in [6.07, 6.45) is -4.17. The molecule has 0 bridgehead atoms. The molecule has 1 aromatic heterocycles. The van der Waals surface area contributed by atoms with Crippen molar-refractivity contribution in [1.29, 1.82) is 5.26 Å². The van der Waals surface area contributed by atoms with Crippen molar-refractivity contribution in [3.05, 3.63) is 41.1 Å². The summed E-state index contributed by atoms with van der Waals surface area (Å²) in [7, 11) is 1.59. The molecule has 0 saturated heterocycles. The number of hydrogen-bond donors (Lipinski definition) is 3. The highest BCUT2D eigenvalue weighted by atomic mass is 19.4. The maximum absolute atomic E-state index is 13.4. The van der Waals surface area contributed by atoms with Crippen LogP contribution in [0.4, 0.5) is 24.5 Å². The van der Waals surface area contributed by atoms with E-state index in [1.807, 2.05) is 6.07 Å². The molecule has 132 valence electrons. The summed E-state index contributed by atoms with van der Waals surface area (Å²) in [5.41, 5.74) is 6.06. The molecule has 1 aromatic carbocycles. The number of anilines is 2. The molecule has 4 N–H and O–H groups in total. The third-order valence-corrected chi connectivity index (χ3v) is 3.75. The fraction of sp³-hybridized carbons (Fsp3) is 0.294. The molecule has 5 nitrogen and oxygen atoms in total. The molecular weight excluding hydrogens is 333 g/mol. The number of benzene rings is 1. The lowest BCUT2D eigenvalue weighted by atomic mass is 9.98. The Morgan fingerprint density at radius 1 is 1.32 bits per heavy atom. The standard InChI is InChI=1S/C17H17F3N4O/c1-23-14-8-13(24-15(9-21)16(14)22)11-5-4-10(3-2-6-25)12(7-11)17(18,19)20/h4-5,7-8,25H,2-3,6,22H2,1H3,(H,23,24). The second-order valence-corrected chi connectivity index (χ2v) is 5.38. The fourth-order valence-corrected chi connectivity index (χ4v) is 2.48. The van der Waals surface area contributed by atoms with E-state index >= 15 is 0 Å². The van der Waals surface area contributed by atoms with Crippen molar-refractivity contribution in [2.45, 2.75) is 19.0 Å². The van der Waals surface area contributed by atoms with Crippen molar-refractivity contribution in [2.75, 3.05) is 24.7 Å². The van der Waals surface area contributed by atoms with Gasteiger partial charge < -0.3 is 16.2 Å². The number of aryl methyl sites for hydroxylation is 1. The Morgan fingerprint density at radius 3 is 2.60 bits per heavy atom. The van der Waals surface area contributed by atoms with Gasteiger partial charge in [-0.05, 0) is 30.5 Å². The molecule has 0 aliphatic carbocycles. The largest absolute Gasteiger partial charge is 0.416 e. The third kappa shape index (κ3) is 4.00. The number of nitrogen functional groups attached to an aromatic ring is 1. The van der Waals surface area contributed by atoms with E-state index < -0.39 is 11.7 Å². The Bertz CT molecular complexity index is 813. The van der Waals surface area contributed by atoms with E-state index in [2.05, 4.69) is 10.3 Å². The Morgan fingerprint density at radius 2 is 2.04 bits per heavy atom. The average Bonchev–Trinajstić information content (AvgIpc) is 2.59. The summed E-state index contributed by atoms with van der Waals surface area (Å²) in [6.45, 7) is -0.185. The smallest absolute Gasteiger partial charge is 0.396 e. The molecule has 8 heteroatoms. The number of pyridine rings is 1. The number of aromatic nitrogens is 1. The van der Waals surface area contributed by atoms with Crippen LogP contribution < -0.4 is 11.1 Å². The van der Waals surface area contributed by atoms with Crippen LogP contribution in [0, 0.1) is 11.3 Å². The van der Waals surface area contributed by atoms with Crippen LogP contribution in [0.25, 0.3) is 11.3 Å². The van der Waals surface area contributed by atoms with Gasteiger partial charge in [-0.3, -0.25) is 0 Å². The minimum atomic E-state index is -4.53. The molecule has 0 spiro atoms. The van der Waals surface area contributed by atoms with Crippen LogP contribution >= 0.6 is 0 Å². The molecule has 0 saturated carbocycles. The Kier molecular flexibility index (Phi) is 5.49. The van der Waals surface area contributed by atoms with Crippen molar-refractivity contribution >= 4 is 11.4 Å². The summed E-state index contributed by atoms with van der Waals surface area (Å²) in [4.78, 5) is 4.05. The molecule has 0 amide bonds. The second-order valence-electron chi connectivity index (χ2n) is 5.38. The van der Waals surface area contributed by atoms with Crippen LogP contribution in [0.3, 0.4) is 0 Å². The van der Waals surface area contributed by atoms with Crippen LogP contribution in [0.15, 0.2) is 24.3 Å². The van der Waals surface area contributed by atoms with Crippen LogP contribution in [0.2, 0.25) is 0 Å². The van der Waals surface area contributed by atoms with E-state index in [-0.39, 0.29) is 47.7 Å². The number of hydrogen-bond acceptors (Lipinski definition) is 5. The second kappa shape index (κ2) is 7.40. The van der Waals surface area contributed by atoms with Gasteiger partial charge in [-0.1, -0.05) is 12.1 Å². The monoisotopic (exact) mass is 350 g/mol. The molecule has 0 aliphatic rings. The number of nitrogens with one attached hydrogen (secondary N) is 1. The molecule has 0 radical (unpaired) electrons. The van der Waals surface area contributed by atoms with Gasteiger partial charge in [0.2, 0.25) is 0 Å². The number of nitrogens with zero attached hydrogens (tertiary/aromatic N) is 2. The first kappa shape index (κ1) is 18.5. The first-order valence-corrected chi connectivity index (χ1v) is 7.51. The van der Waals surface area contributed by atoms with E-state index in [0.29, 0.717) is 5.69 Å². The summed E-state index contributed by atoms with van der Waals surface area (Å²) < 4.78 is 40.1. The maximum atomic E-state index is 13.4. The van der Waals surface area contributed by atoms with Gasteiger partial charge in [0.25, 0.3) is 0 Å². The van der Waals surface area contributed by atoms with Gasteiger partial charge in [0.05, 0.1) is 22.6 Å². The van der Waals surface area contributed by atoms with Crippen molar-refractivity contribution in [1.82, 2.24) is 4.98 Å². The van der Waals surface area contributed by atoms with E-state index in [1.54, 1.807) is 7.05 Å². The minimum Gasteiger partial charge on any atom is -0.396 e. The Balaban J connectivity index is 2.59. The molecule has 2 aromatic rings. The highest BCUT2D eigenvalue weighted by molar-refractivity contribution is 5.77. The zero-order valence-corrected chi connectivity index (χ0v) is 13.5. The number of halogens is 3. The van der Waals surface area contributed by atoms with Crippen LogP contribution in [-0.4, -0.2) is 23.7 Å². The van der Waals surface area contributed by atoms with E-state index in [1.165, 1.54) is 18.2 Å². The van der Waals surface area contributed by atoms with Gasteiger partial charge in [-0.25, -0.2) is 4.98 Å². The molecule has 2 rings (SSSR count). The van der Waals surface area contributed by atoms with Crippen molar-refractivity contribution in [2.24, 2.45) is 0 Å². The number of nitrogens with two attached hydrogens (primary N) is 1. The van der Waals surface area contributed by atoms with Gasteiger partial charge in [0.15, 0.2) is 5.69 Å². The first-order valence-electron chi connectivity index (χ1n) is 7.51. The minimum absolute atomic E-state index is 0.0558. The lowest BCUT2D eigenvalue weighted by molar-refractivity contribution is -0.138. The normalized spacial score (nSPS) is 11.2. The van der Waals surface area contributed by atoms with Gasteiger partial charge in [0.1, 0.15) is 6.07 Å². The van der Waals surface area contributed by atoms with E-state index in [4.69, 9.17) is 16.1 Å². The zero-order chi connectivity index (χ0) is 18.6. The number of aliphatic hydroxyl groups excluding tert-OH is 1. The van der Waals surface area contributed by atoms with Gasteiger partial charge >= 0.3 is 6.18 Å². The van der Waals surface area contributed by atoms with E-state index in [0.717, 1.165) is 6.07 Å². The van der Waals surface area contributed by atoms with Crippen molar-refractivity contribution in [3.63, 3.8) is 0 Å². The van der Waals surface area contributed by atoms with Crippen molar-refractivity contribution < 1.29 is 18.3 Å². The number of nitriles is 1. The molecule has 0 aliphatic heterocycles. The molecular formula is C17H17F3N4O. The highest BCUT2D eigenvalue weighted by Crippen LogP contribution is 2.36. The predicted octanol–water partition coefficient (Wildman–Crippen LogP) is 3.19.